The Kier molecular flexibility index (Phi) is 5.80. The largest absolute Gasteiger partial charge is 0.478 e. The molecule has 0 aliphatic carbocycles. The molecule has 0 atom stereocenters. The maximum Gasteiger partial charge on any atom is 0.355 e. The molecular weight excluding hydrogens is 306 g/mol. The van der Waals surface area contributed by atoms with Gasteiger partial charge in [-0.3, -0.25) is 0 Å². The van der Waals surface area contributed by atoms with E-state index in [-0.39, 0.29) is 5.56 Å². The van der Waals surface area contributed by atoms with Gasteiger partial charge in [0, 0.05) is 6.20 Å². The van der Waals surface area contributed by atoms with Crippen LogP contribution in [0, 0.1) is 0 Å². The van der Waals surface area contributed by atoms with E-state index < -0.39 is 17.6 Å². The minimum absolute atomic E-state index is 0.301. The smallest absolute Gasteiger partial charge is 0.355 e. The number of benzene rings is 2. The second-order valence-electron chi connectivity index (χ2n) is 4.74. The lowest BCUT2D eigenvalue weighted by molar-refractivity contribution is 0.0646. The van der Waals surface area contributed by atoms with Crippen molar-refractivity contribution >= 4 is 11.9 Å². The molecule has 24 heavy (non-hydrogen) atoms. The van der Waals surface area contributed by atoms with Crippen LogP contribution < -0.4 is 0 Å². The zero-order valence-corrected chi connectivity index (χ0v) is 12.7. The summed E-state index contributed by atoms with van der Waals surface area (Å²) in [5, 5.41) is 17.0. The zero-order chi connectivity index (χ0) is 17.4. The van der Waals surface area contributed by atoms with Crippen LogP contribution in [0.2, 0.25) is 0 Å². The summed E-state index contributed by atoms with van der Waals surface area (Å²) in [6, 6.07) is 23.3. The molecule has 3 aromatic rings. The van der Waals surface area contributed by atoms with Crippen LogP contribution in [0.25, 0.3) is 11.1 Å². The molecule has 0 saturated carbocycles. The van der Waals surface area contributed by atoms with Gasteiger partial charge in [0.25, 0.3) is 0 Å². The topological polar surface area (TPSA) is 87.5 Å². The van der Waals surface area contributed by atoms with Crippen LogP contribution in [-0.4, -0.2) is 27.1 Å². The van der Waals surface area contributed by atoms with E-state index in [1.807, 2.05) is 12.1 Å². The fourth-order valence-electron chi connectivity index (χ4n) is 2.01. The highest BCUT2D eigenvalue weighted by Crippen LogP contribution is 2.17. The van der Waals surface area contributed by atoms with E-state index in [0.717, 1.165) is 0 Å². The molecule has 0 fully saturated rings. The maximum atomic E-state index is 10.4. The molecule has 0 unspecified atom stereocenters. The van der Waals surface area contributed by atoms with Gasteiger partial charge in [0.05, 0.1) is 5.56 Å². The van der Waals surface area contributed by atoms with Gasteiger partial charge in [-0.1, -0.05) is 60.7 Å². The summed E-state index contributed by atoms with van der Waals surface area (Å²) in [5.74, 6) is -2.63. The van der Waals surface area contributed by atoms with Crippen molar-refractivity contribution in [2.45, 2.75) is 0 Å². The number of aromatic carboxylic acids is 2. The molecule has 120 valence electrons. The highest BCUT2D eigenvalue weighted by Gasteiger charge is 2.15. The van der Waals surface area contributed by atoms with Crippen LogP contribution in [0.3, 0.4) is 0 Å². The molecule has 0 spiro atoms. The molecule has 5 nitrogen and oxygen atoms in total. The van der Waals surface area contributed by atoms with Gasteiger partial charge in [-0.05, 0) is 23.3 Å². The first-order valence-electron chi connectivity index (χ1n) is 7.11. The first-order valence-corrected chi connectivity index (χ1v) is 7.11. The van der Waals surface area contributed by atoms with Crippen LogP contribution in [0.1, 0.15) is 20.8 Å². The number of carbonyl (C=O) groups is 2. The summed E-state index contributed by atoms with van der Waals surface area (Å²) in [5.41, 5.74) is 1.81. The van der Waals surface area contributed by atoms with Gasteiger partial charge in [0.2, 0.25) is 0 Å². The first-order chi connectivity index (χ1) is 11.6. The van der Waals surface area contributed by atoms with Gasteiger partial charge in [-0.15, -0.1) is 0 Å². The van der Waals surface area contributed by atoms with Gasteiger partial charge < -0.3 is 10.2 Å². The van der Waals surface area contributed by atoms with E-state index in [4.69, 9.17) is 10.2 Å². The van der Waals surface area contributed by atoms with Gasteiger partial charge in [-0.25, -0.2) is 14.6 Å². The summed E-state index contributed by atoms with van der Waals surface area (Å²) >= 11 is 0. The lowest BCUT2D eigenvalue weighted by atomic mass is 10.1. The number of carboxylic acids is 2. The van der Waals surface area contributed by atoms with Crippen LogP contribution in [0.15, 0.2) is 79.0 Å². The molecule has 1 heterocycles. The number of aromatic nitrogens is 1. The highest BCUT2D eigenvalue weighted by molar-refractivity contribution is 6.00. The average Bonchev–Trinajstić information content (AvgIpc) is 2.63. The second-order valence-corrected chi connectivity index (χ2v) is 4.74. The van der Waals surface area contributed by atoms with E-state index in [9.17, 15) is 9.59 Å². The van der Waals surface area contributed by atoms with E-state index in [0.29, 0.717) is 0 Å². The quantitative estimate of drug-likeness (QED) is 0.765. The number of carboxylic acid groups (broad SMARTS) is 2. The molecule has 0 aliphatic heterocycles. The second kappa shape index (κ2) is 8.24. The van der Waals surface area contributed by atoms with Gasteiger partial charge in [0.15, 0.2) is 5.69 Å². The standard InChI is InChI=1S/C12H10.C7H5NO4/c1-3-7-11(8-4-1)12-9-5-2-6-10-12;9-6(10)4-2-1-3-8-5(4)7(11)12/h1-10H;1-3H,(H,9,10)(H,11,12). The molecule has 2 aromatic carbocycles. The Labute approximate surface area is 138 Å². The van der Waals surface area contributed by atoms with Crippen molar-refractivity contribution < 1.29 is 19.8 Å². The minimum atomic E-state index is -1.34. The Morgan fingerprint density at radius 2 is 1.17 bits per heavy atom. The maximum absolute atomic E-state index is 10.4. The van der Waals surface area contributed by atoms with E-state index in [1.54, 1.807) is 0 Å². The third-order valence-corrected chi connectivity index (χ3v) is 3.12. The number of rotatable bonds is 3. The SMILES string of the molecule is O=C(O)c1cccnc1C(=O)O.c1ccc(-c2ccccc2)cc1. The first kappa shape index (κ1) is 16.9. The molecule has 0 radical (unpaired) electrons. The number of hydrogen-bond donors (Lipinski definition) is 2. The predicted molar refractivity (Wildman–Crippen MR) is 90.0 cm³/mol. The zero-order valence-electron chi connectivity index (χ0n) is 12.7. The van der Waals surface area contributed by atoms with E-state index >= 15 is 0 Å². The fourth-order valence-corrected chi connectivity index (χ4v) is 2.01. The summed E-state index contributed by atoms with van der Waals surface area (Å²) in [6.45, 7) is 0. The van der Waals surface area contributed by atoms with Crippen molar-refractivity contribution in [1.82, 2.24) is 4.98 Å². The number of pyridine rings is 1. The summed E-state index contributed by atoms with van der Waals surface area (Å²) in [4.78, 5) is 24.2. The van der Waals surface area contributed by atoms with E-state index in [2.05, 4.69) is 53.5 Å². The Bertz CT molecular complexity index is 747. The van der Waals surface area contributed by atoms with E-state index in [1.165, 1.54) is 29.5 Å². The van der Waals surface area contributed by atoms with Gasteiger partial charge >= 0.3 is 11.9 Å². The number of nitrogens with zero attached hydrogens (tertiary/aromatic N) is 1. The molecule has 3 rings (SSSR count). The van der Waals surface area contributed by atoms with Crippen molar-refractivity contribution in [2.24, 2.45) is 0 Å². The van der Waals surface area contributed by atoms with Crippen molar-refractivity contribution in [3.8, 4) is 11.1 Å². The molecule has 0 aliphatic rings. The van der Waals surface area contributed by atoms with Gasteiger partial charge in [0.1, 0.15) is 0 Å². The van der Waals surface area contributed by atoms with Gasteiger partial charge in [-0.2, -0.15) is 0 Å². The van der Waals surface area contributed by atoms with Crippen molar-refractivity contribution in [2.75, 3.05) is 0 Å². The third kappa shape index (κ3) is 4.51. The van der Waals surface area contributed by atoms with Crippen molar-refractivity contribution in [3.63, 3.8) is 0 Å². The van der Waals surface area contributed by atoms with Crippen molar-refractivity contribution in [1.29, 1.82) is 0 Å². The summed E-state index contributed by atoms with van der Waals surface area (Å²) < 4.78 is 0. The molecule has 0 amide bonds. The molecule has 5 heteroatoms. The van der Waals surface area contributed by atoms with Crippen molar-refractivity contribution in [3.05, 3.63) is 90.3 Å². The Balaban J connectivity index is 0.000000174. The highest BCUT2D eigenvalue weighted by atomic mass is 16.4. The lowest BCUT2D eigenvalue weighted by Gasteiger charge is -1.98. The number of hydrogen-bond acceptors (Lipinski definition) is 3. The van der Waals surface area contributed by atoms with Crippen LogP contribution in [-0.2, 0) is 0 Å². The Morgan fingerprint density at radius 3 is 1.54 bits per heavy atom. The predicted octanol–water partition coefficient (Wildman–Crippen LogP) is 3.83. The monoisotopic (exact) mass is 321 g/mol. The Hall–Kier alpha value is -3.47. The molecule has 0 saturated heterocycles. The summed E-state index contributed by atoms with van der Waals surface area (Å²) in [6.07, 6.45) is 1.23. The molecule has 0 bridgehead atoms. The average molecular weight is 321 g/mol. The third-order valence-electron chi connectivity index (χ3n) is 3.12. The lowest BCUT2D eigenvalue weighted by Crippen LogP contribution is -2.09. The molecular formula is C19H15NO4. The summed E-state index contributed by atoms with van der Waals surface area (Å²) in [7, 11) is 0. The minimum Gasteiger partial charge on any atom is -0.478 e. The normalized spacial score (nSPS) is 9.50. The molecule has 1 aromatic heterocycles. The van der Waals surface area contributed by atoms with Crippen LogP contribution in [0.5, 0.6) is 0 Å². The Morgan fingerprint density at radius 1 is 0.667 bits per heavy atom. The van der Waals surface area contributed by atoms with Crippen LogP contribution >= 0.6 is 0 Å². The fraction of sp³-hybridized carbons (Fsp3) is 0. The molecule has 2 N–H and O–H groups in total. The van der Waals surface area contributed by atoms with Crippen LogP contribution in [0.4, 0.5) is 0 Å².